The van der Waals surface area contributed by atoms with E-state index in [2.05, 4.69) is 15.3 Å². The lowest BCUT2D eigenvalue weighted by molar-refractivity contribution is -0.385. The fourth-order valence-corrected chi connectivity index (χ4v) is 2.13. The van der Waals surface area contributed by atoms with Crippen molar-refractivity contribution in [1.82, 2.24) is 9.97 Å². The van der Waals surface area contributed by atoms with Gasteiger partial charge in [0.25, 0.3) is 5.69 Å². The number of aromatic nitrogens is 2. The minimum absolute atomic E-state index is 0.173. The highest BCUT2D eigenvalue weighted by atomic mass is 19.1. The van der Waals surface area contributed by atoms with Gasteiger partial charge in [-0.25, -0.2) is 9.37 Å². The molecular formula is C14H11FN4O2. The van der Waals surface area contributed by atoms with Gasteiger partial charge >= 0.3 is 0 Å². The molecule has 21 heavy (non-hydrogen) atoms. The number of aromatic amines is 1. The summed E-state index contributed by atoms with van der Waals surface area (Å²) in [6.07, 6.45) is 1.60. The van der Waals surface area contributed by atoms with E-state index in [0.717, 1.165) is 17.1 Å². The first-order valence-electron chi connectivity index (χ1n) is 6.20. The lowest BCUT2D eigenvalue weighted by Crippen LogP contribution is -1.96. The number of halogens is 1. The number of anilines is 2. The predicted molar refractivity (Wildman–Crippen MR) is 77.2 cm³/mol. The first kappa shape index (κ1) is 13.0. The maximum Gasteiger partial charge on any atom is 0.272 e. The van der Waals surface area contributed by atoms with Crippen molar-refractivity contribution in [3.05, 3.63) is 58.2 Å². The minimum Gasteiger partial charge on any atom is -0.352 e. The maximum atomic E-state index is 13.9. The molecule has 6 nitrogen and oxygen atoms in total. The summed E-state index contributed by atoms with van der Waals surface area (Å²) in [6, 6.07) is 7.11. The molecule has 0 saturated heterocycles. The van der Waals surface area contributed by atoms with Crippen LogP contribution in [-0.2, 0) is 0 Å². The molecule has 1 aromatic carbocycles. The second kappa shape index (κ2) is 4.86. The van der Waals surface area contributed by atoms with Crippen molar-refractivity contribution in [2.75, 3.05) is 5.32 Å². The number of aryl methyl sites for hydroxylation is 1. The van der Waals surface area contributed by atoms with Crippen molar-refractivity contribution in [3.8, 4) is 0 Å². The Labute approximate surface area is 118 Å². The third-order valence-electron chi connectivity index (χ3n) is 3.10. The fraction of sp³-hybridized carbons (Fsp3) is 0.0714. The van der Waals surface area contributed by atoms with E-state index in [0.29, 0.717) is 11.3 Å². The van der Waals surface area contributed by atoms with Crippen LogP contribution in [0, 0.1) is 22.9 Å². The van der Waals surface area contributed by atoms with Crippen molar-refractivity contribution in [2.24, 2.45) is 0 Å². The molecule has 0 unspecified atom stereocenters. The van der Waals surface area contributed by atoms with E-state index in [1.165, 1.54) is 12.1 Å². The number of nitro benzene ring substituents is 1. The van der Waals surface area contributed by atoms with Crippen LogP contribution in [0.3, 0.4) is 0 Å². The van der Waals surface area contributed by atoms with E-state index in [1.807, 2.05) is 13.0 Å². The Bertz CT molecular complexity index is 844. The van der Waals surface area contributed by atoms with Gasteiger partial charge in [-0.1, -0.05) is 0 Å². The molecule has 0 spiro atoms. The van der Waals surface area contributed by atoms with Gasteiger partial charge in [0.1, 0.15) is 5.65 Å². The highest BCUT2D eigenvalue weighted by molar-refractivity contribution is 5.91. The standard InChI is InChI=1S/C14H11FN4O2/c1-8-6-10-12(4-5-16-14(10)17-8)18-13-3-2-9(19(20)21)7-11(13)15/h2-7H,1H3,(H2,16,17,18). The molecule has 0 fully saturated rings. The SMILES string of the molecule is Cc1cc2c(Nc3ccc([N+](=O)[O-])cc3F)ccnc2[nH]1. The second-order valence-electron chi connectivity index (χ2n) is 4.62. The van der Waals surface area contributed by atoms with Crippen LogP contribution in [0.25, 0.3) is 11.0 Å². The summed E-state index contributed by atoms with van der Waals surface area (Å²) in [5.74, 6) is -0.679. The highest BCUT2D eigenvalue weighted by Gasteiger charge is 2.12. The molecule has 0 bridgehead atoms. The van der Waals surface area contributed by atoms with Crippen LogP contribution in [0.1, 0.15) is 5.69 Å². The van der Waals surface area contributed by atoms with Crippen LogP contribution in [0.5, 0.6) is 0 Å². The molecule has 0 saturated carbocycles. The fourth-order valence-electron chi connectivity index (χ4n) is 2.13. The number of hydrogen-bond acceptors (Lipinski definition) is 4. The Kier molecular flexibility index (Phi) is 3.02. The maximum absolute atomic E-state index is 13.9. The summed E-state index contributed by atoms with van der Waals surface area (Å²) in [5.41, 5.74) is 2.20. The smallest absolute Gasteiger partial charge is 0.272 e. The van der Waals surface area contributed by atoms with E-state index in [4.69, 9.17) is 0 Å². The molecule has 2 aromatic heterocycles. The number of rotatable bonds is 3. The third kappa shape index (κ3) is 2.40. The first-order valence-corrected chi connectivity index (χ1v) is 6.20. The van der Waals surface area contributed by atoms with Gasteiger partial charge in [0.2, 0.25) is 0 Å². The highest BCUT2D eigenvalue weighted by Crippen LogP contribution is 2.28. The van der Waals surface area contributed by atoms with Crippen LogP contribution >= 0.6 is 0 Å². The monoisotopic (exact) mass is 286 g/mol. The molecule has 106 valence electrons. The first-order chi connectivity index (χ1) is 10.0. The van der Waals surface area contributed by atoms with Crippen molar-refractivity contribution < 1.29 is 9.31 Å². The minimum atomic E-state index is -0.679. The summed E-state index contributed by atoms with van der Waals surface area (Å²) in [5, 5.41) is 14.4. The number of nitrogens with zero attached hydrogens (tertiary/aromatic N) is 2. The zero-order valence-electron chi connectivity index (χ0n) is 11.1. The van der Waals surface area contributed by atoms with Gasteiger partial charge in [-0.3, -0.25) is 10.1 Å². The molecule has 0 radical (unpaired) electrons. The topological polar surface area (TPSA) is 83.8 Å². The average molecular weight is 286 g/mol. The summed E-state index contributed by atoms with van der Waals surface area (Å²) < 4.78 is 13.9. The van der Waals surface area contributed by atoms with Crippen molar-refractivity contribution in [3.63, 3.8) is 0 Å². The molecule has 3 aromatic rings. The zero-order valence-corrected chi connectivity index (χ0v) is 11.1. The van der Waals surface area contributed by atoms with Crippen LogP contribution in [0.2, 0.25) is 0 Å². The lowest BCUT2D eigenvalue weighted by atomic mass is 10.2. The molecule has 7 heteroatoms. The summed E-state index contributed by atoms with van der Waals surface area (Å²) in [4.78, 5) is 17.2. The van der Waals surface area contributed by atoms with Crippen LogP contribution in [-0.4, -0.2) is 14.9 Å². The molecule has 0 atom stereocenters. The number of H-pyrrole nitrogens is 1. The average Bonchev–Trinajstić information content (AvgIpc) is 2.82. The van der Waals surface area contributed by atoms with Crippen molar-refractivity contribution in [2.45, 2.75) is 6.92 Å². The number of pyridine rings is 1. The Morgan fingerprint density at radius 2 is 2.10 bits per heavy atom. The Hall–Kier alpha value is -2.96. The van der Waals surface area contributed by atoms with Crippen molar-refractivity contribution >= 4 is 28.1 Å². The van der Waals surface area contributed by atoms with E-state index < -0.39 is 10.7 Å². The zero-order chi connectivity index (χ0) is 15.0. The number of fused-ring (bicyclic) bond motifs is 1. The second-order valence-corrected chi connectivity index (χ2v) is 4.62. The molecule has 0 amide bonds. The number of benzene rings is 1. The van der Waals surface area contributed by atoms with Crippen molar-refractivity contribution in [1.29, 1.82) is 0 Å². The van der Waals surface area contributed by atoms with Gasteiger partial charge < -0.3 is 10.3 Å². The van der Waals surface area contributed by atoms with E-state index in [9.17, 15) is 14.5 Å². The van der Waals surface area contributed by atoms with Gasteiger partial charge in [0, 0.05) is 23.3 Å². The van der Waals surface area contributed by atoms with Crippen LogP contribution < -0.4 is 5.32 Å². The molecule has 3 rings (SSSR count). The number of hydrogen-bond donors (Lipinski definition) is 2. The number of nitrogens with one attached hydrogen (secondary N) is 2. The van der Waals surface area contributed by atoms with Gasteiger partial charge in [-0.15, -0.1) is 0 Å². The third-order valence-corrected chi connectivity index (χ3v) is 3.10. The molecule has 0 aliphatic heterocycles. The van der Waals surface area contributed by atoms with E-state index in [-0.39, 0.29) is 11.4 Å². The molecule has 2 N–H and O–H groups in total. The van der Waals surface area contributed by atoms with Gasteiger partial charge in [-0.05, 0) is 25.1 Å². The number of nitro groups is 1. The molecule has 2 heterocycles. The Morgan fingerprint density at radius 1 is 1.29 bits per heavy atom. The summed E-state index contributed by atoms with van der Waals surface area (Å²) in [7, 11) is 0. The Morgan fingerprint density at radius 3 is 2.81 bits per heavy atom. The normalized spacial score (nSPS) is 10.8. The van der Waals surface area contributed by atoms with Crippen LogP contribution in [0.4, 0.5) is 21.5 Å². The van der Waals surface area contributed by atoms with Gasteiger partial charge in [0.15, 0.2) is 5.82 Å². The van der Waals surface area contributed by atoms with E-state index in [1.54, 1.807) is 12.3 Å². The summed E-state index contributed by atoms with van der Waals surface area (Å²) >= 11 is 0. The van der Waals surface area contributed by atoms with Gasteiger partial charge in [-0.2, -0.15) is 0 Å². The predicted octanol–water partition coefficient (Wildman–Crippen LogP) is 3.66. The van der Waals surface area contributed by atoms with E-state index >= 15 is 0 Å². The Balaban J connectivity index is 2.00. The molecular weight excluding hydrogens is 275 g/mol. The largest absolute Gasteiger partial charge is 0.352 e. The van der Waals surface area contributed by atoms with Crippen LogP contribution in [0.15, 0.2) is 36.5 Å². The summed E-state index contributed by atoms with van der Waals surface area (Å²) in [6.45, 7) is 1.90. The van der Waals surface area contributed by atoms with Gasteiger partial charge in [0.05, 0.1) is 22.4 Å². The molecule has 0 aliphatic rings. The number of non-ortho nitro benzene ring substituents is 1. The molecule has 0 aliphatic carbocycles. The lowest BCUT2D eigenvalue weighted by Gasteiger charge is -2.08. The quantitative estimate of drug-likeness (QED) is 0.568.